The molecule has 0 bridgehead atoms. The van der Waals surface area contributed by atoms with Gasteiger partial charge in [0.1, 0.15) is 0 Å². The molecule has 0 aromatic rings. The summed E-state index contributed by atoms with van der Waals surface area (Å²) in [6, 6.07) is 0. The van der Waals surface area contributed by atoms with Crippen LogP contribution in [0.1, 0.15) is 6.42 Å². The third kappa shape index (κ3) is 8.13. The summed E-state index contributed by atoms with van der Waals surface area (Å²) in [5, 5.41) is 3.23. The van der Waals surface area contributed by atoms with E-state index < -0.39 is 0 Å². The van der Waals surface area contributed by atoms with Crippen molar-refractivity contribution in [3.05, 3.63) is 12.7 Å². The fraction of sp³-hybridized carbons (Fsp3) is 0.700. The molecular formula is C10H20N2OS. The maximum Gasteiger partial charge on any atom is 0.223 e. The van der Waals surface area contributed by atoms with E-state index in [-0.39, 0.29) is 5.91 Å². The first-order valence-electron chi connectivity index (χ1n) is 4.78. The molecule has 0 atom stereocenters. The molecule has 0 radical (unpaired) electrons. The van der Waals surface area contributed by atoms with Crippen molar-refractivity contribution in [1.82, 2.24) is 10.2 Å². The highest BCUT2D eigenvalue weighted by Crippen LogP contribution is 1.96. The van der Waals surface area contributed by atoms with Crippen LogP contribution in [0, 0.1) is 0 Å². The van der Waals surface area contributed by atoms with Crippen LogP contribution >= 0.6 is 11.8 Å². The highest BCUT2D eigenvalue weighted by atomic mass is 32.2. The molecule has 0 heterocycles. The second-order valence-corrected chi connectivity index (χ2v) is 4.30. The maximum atomic E-state index is 11.1. The van der Waals surface area contributed by atoms with Crippen LogP contribution in [0.25, 0.3) is 0 Å². The highest BCUT2D eigenvalue weighted by Gasteiger charge is 2.01. The molecule has 1 amide bonds. The predicted octanol–water partition coefficient (Wildman–Crippen LogP) is 0.973. The van der Waals surface area contributed by atoms with Crippen LogP contribution < -0.4 is 5.32 Å². The Kier molecular flexibility index (Phi) is 8.78. The molecule has 0 aromatic carbocycles. The Morgan fingerprint density at radius 2 is 2.21 bits per heavy atom. The van der Waals surface area contributed by atoms with Crippen molar-refractivity contribution in [3.8, 4) is 0 Å². The van der Waals surface area contributed by atoms with E-state index >= 15 is 0 Å². The molecule has 0 aliphatic rings. The van der Waals surface area contributed by atoms with Crippen LogP contribution in [-0.2, 0) is 4.79 Å². The van der Waals surface area contributed by atoms with Crippen molar-refractivity contribution < 1.29 is 4.79 Å². The number of carbonyl (C=O) groups is 1. The Balaban J connectivity index is 3.13. The van der Waals surface area contributed by atoms with E-state index in [9.17, 15) is 4.79 Å². The number of nitrogens with one attached hydrogen (secondary N) is 1. The first-order chi connectivity index (χ1) is 6.68. The van der Waals surface area contributed by atoms with Gasteiger partial charge in [-0.25, -0.2) is 0 Å². The Morgan fingerprint density at radius 3 is 2.79 bits per heavy atom. The molecule has 0 fully saturated rings. The second-order valence-electron chi connectivity index (χ2n) is 3.15. The number of hydrogen-bond acceptors (Lipinski definition) is 3. The summed E-state index contributed by atoms with van der Waals surface area (Å²) < 4.78 is 0. The van der Waals surface area contributed by atoms with Gasteiger partial charge in [0.05, 0.1) is 0 Å². The lowest BCUT2D eigenvalue weighted by atomic mass is 10.4. The standard InChI is InChI=1S/C10H20N2OS/c1-4-8-14-9-7-11-6-5-10(13)12(2)3/h4,11H,1,5-9H2,2-3H3. The van der Waals surface area contributed by atoms with Crippen LogP contribution in [0.15, 0.2) is 12.7 Å². The summed E-state index contributed by atoms with van der Waals surface area (Å²) in [4.78, 5) is 12.8. The van der Waals surface area contributed by atoms with Gasteiger partial charge in [-0.2, -0.15) is 11.8 Å². The number of nitrogens with zero attached hydrogens (tertiary/aromatic N) is 1. The summed E-state index contributed by atoms with van der Waals surface area (Å²) in [7, 11) is 3.56. The lowest BCUT2D eigenvalue weighted by molar-refractivity contribution is -0.128. The lowest BCUT2D eigenvalue weighted by Gasteiger charge is -2.10. The van der Waals surface area contributed by atoms with Crippen LogP contribution in [-0.4, -0.2) is 49.5 Å². The van der Waals surface area contributed by atoms with Gasteiger partial charge in [0.25, 0.3) is 0 Å². The number of thioether (sulfide) groups is 1. The summed E-state index contributed by atoms with van der Waals surface area (Å²) >= 11 is 1.84. The van der Waals surface area contributed by atoms with Crippen molar-refractivity contribution in [2.75, 3.05) is 38.7 Å². The van der Waals surface area contributed by atoms with Gasteiger partial charge in [-0.1, -0.05) is 6.08 Å². The van der Waals surface area contributed by atoms with Crippen molar-refractivity contribution in [3.63, 3.8) is 0 Å². The molecule has 0 rings (SSSR count). The predicted molar refractivity (Wildman–Crippen MR) is 63.7 cm³/mol. The first-order valence-corrected chi connectivity index (χ1v) is 5.93. The SMILES string of the molecule is C=CCSCCNCCC(=O)N(C)C. The lowest BCUT2D eigenvalue weighted by Crippen LogP contribution is -2.27. The monoisotopic (exact) mass is 216 g/mol. The molecule has 82 valence electrons. The minimum absolute atomic E-state index is 0.177. The Hall–Kier alpha value is -0.480. The quantitative estimate of drug-likeness (QED) is 0.485. The van der Waals surface area contributed by atoms with Gasteiger partial charge in [-0.3, -0.25) is 4.79 Å². The first kappa shape index (κ1) is 13.5. The number of amides is 1. The van der Waals surface area contributed by atoms with E-state index in [0.29, 0.717) is 6.42 Å². The zero-order valence-electron chi connectivity index (χ0n) is 9.08. The third-order valence-electron chi connectivity index (χ3n) is 1.67. The van der Waals surface area contributed by atoms with Crippen molar-refractivity contribution in [2.24, 2.45) is 0 Å². The summed E-state index contributed by atoms with van der Waals surface area (Å²) in [6.45, 7) is 5.37. The molecule has 0 saturated carbocycles. The third-order valence-corrected chi connectivity index (χ3v) is 2.64. The van der Waals surface area contributed by atoms with E-state index in [0.717, 1.165) is 24.6 Å². The van der Waals surface area contributed by atoms with Gasteiger partial charge in [-0.05, 0) is 0 Å². The molecule has 4 heteroatoms. The Bertz CT molecular complexity index is 172. The molecule has 0 saturated heterocycles. The van der Waals surface area contributed by atoms with E-state index in [1.807, 2.05) is 17.8 Å². The van der Waals surface area contributed by atoms with Crippen LogP contribution in [0.5, 0.6) is 0 Å². The maximum absolute atomic E-state index is 11.1. The Labute approximate surface area is 90.9 Å². The summed E-state index contributed by atoms with van der Waals surface area (Å²) in [5.41, 5.74) is 0. The normalized spacial score (nSPS) is 9.86. The van der Waals surface area contributed by atoms with Crippen molar-refractivity contribution >= 4 is 17.7 Å². The van der Waals surface area contributed by atoms with E-state index in [2.05, 4.69) is 11.9 Å². The zero-order chi connectivity index (χ0) is 10.8. The average Bonchev–Trinajstić information content (AvgIpc) is 2.16. The van der Waals surface area contributed by atoms with Crippen LogP contribution in [0.2, 0.25) is 0 Å². The molecule has 14 heavy (non-hydrogen) atoms. The number of rotatable bonds is 8. The zero-order valence-corrected chi connectivity index (χ0v) is 9.90. The van der Waals surface area contributed by atoms with Gasteiger partial charge in [-0.15, -0.1) is 6.58 Å². The van der Waals surface area contributed by atoms with Crippen molar-refractivity contribution in [2.45, 2.75) is 6.42 Å². The van der Waals surface area contributed by atoms with Crippen molar-refractivity contribution in [1.29, 1.82) is 0 Å². The molecular weight excluding hydrogens is 196 g/mol. The fourth-order valence-corrected chi connectivity index (χ4v) is 1.48. The van der Waals surface area contributed by atoms with E-state index in [4.69, 9.17) is 0 Å². The molecule has 0 unspecified atom stereocenters. The molecule has 1 N–H and O–H groups in total. The van der Waals surface area contributed by atoms with E-state index in [1.54, 1.807) is 19.0 Å². The summed E-state index contributed by atoms with van der Waals surface area (Å²) in [6.07, 6.45) is 2.49. The minimum Gasteiger partial charge on any atom is -0.349 e. The highest BCUT2D eigenvalue weighted by molar-refractivity contribution is 7.99. The van der Waals surface area contributed by atoms with Gasteiger partial charge in [0.15, 0.2) is 0 Å². The fourth-order valence-electron chi connectivity index (χ4n) is 0.855. The van der Waals surface area contributed by atoms with Crippen LogP contribution in [0.3, 0.4) is 0 Å². The number of carbonyl (C=O) groups excluding carboxylic acids is 1. The average molecular weight is 216 g/mol. The molecule has 0 aliphatic heterocycles. The van der Waals surface area contributed by atoms with E-state index in [1.165, 1.54) is 0 Å². The largest absolute Gasteiger partial charge is 0.349 e. The van der Waals surface area contributed by atoms with Gasteiger partial charge < -0.3 is 10.2 Å². The molecule has 0 aromatic heterocycles. The molecule has 0 spiro atoms. The summed E-state index contributed by atoms with van der Waals surface area (Å²) in [5.74, 6) is 2.25. The van der Waals surface area contributed by atoms with Gasteiger partial charge in [0, 0.05) is 45.1 Å². The smallest absolute Gasteiger partial charge is 0.223 e. The topological polar surface area (TPSA) is 32.3 Å². The van der Waals surface area contributed by atoms with Crippen LogP contribution in [0.4, 0.5) is 0 Å². The minimum atomic E-state index is 0.177. The van der Waals surface area contributed by atoms with Gasteiger partial charge in [0.2, 0.25) is 5.91 Å². The Morgan fingerprint density at radius 1 is 1.50 bits per heavy atom. The molecule has 3 nitrogen and oxygen atoms in total. The molecule has 0 aliphatic carbocycles. The number of hydrogen-bond donors (Lipinski definition) is 1. The second kappa shape index (κ2) is 9.09. The van der Waals surface area contributed by atoms with Gasteiger partial charge >= 0.3 is 0 Å².